The van der Waals surface area contributed by atoms with Gasteiger partial charge < -0.3 is 20.8 Å². The fourth-order valence-corrected chi connectivity index (χ4v) is 1.51. The third-order valence-electron chi connectivity index (χ3n) is 2.85. The Bertz CT molecular complexity index is 602. The molecule has 0 heterocycles. The smallest absolute Gasteiger partial charge is 0.325 e. The van der Waals surface area contributed by atoms with Crippen LogP contribution in [0.5, 0.6) is 5.75 Å². The number of nitrogens with zero attached hydrogens (tertiary/aromatic N) is 1. The Labute approximate surface area is 127 Å². The summed E-state index contributed by atoms with van der Waals surface area (Å²) in [5.41, 5.74) is 0.733. The van der Waals surface area contributed by atoms with Crippen LogP contribution in [-0.2, 0) is 16.0 Å². The Morgan fingerprint density at radius 3 is 2.55 bits per heavy atom. The van der Waals surface area contributed by atoms with E-state index in [4.69, 9.17) is 15.5 Å². The van der Waals surface area contributed by atoms with Gasteiger partial charge in [0.15, 0.2) is 0 Å². The molecule has 1 amide bonds. The minimum absolute atomic E-state index is 0.168. The average molecular weight is 303 g/mol. The second-order valence-electron chi connectivity index (χ2n) is 4.57. The van der Waals surface area contributed by atoms with E-state index in [1.807, 2.05) is 0 Å². The minimum atomic E-state index is -1.08. The number of carboxylic acids is 1. The topological polar surface area (TPSA) is 122 Å². The molecule has 0 radical (unpaired) electrons. The van der Waals surface area contributed by atoms with E-state index in [0.717, 1.165) is 11.8 Å². The summed E-state index contributed by atoms with van der Waals surface area (Å²) in [5, 5.41) is 31.8. The number of rotatable bonds is 7. The number of carbonyl (C=O) groups excluding carboxylic acids is 1. The van der Waals surface area contributed by atoms with Crippen molar-refractivity contribution in [3.8, 4) is 11.8 Å². The molecule has 0 aliphatic heterocycles. The molecule has 0 fully saturated rings. The van der Waals surface area contributed by atoms with E-state index in [-0.39, 0.29) is 11.3 Å². The van der Waals surface area contributed by atoms with Crippen molar-refractivity contribution in [3.63, 3.8) is 0 Å². The lowest BCUT2D eigenvalue weighted by Gasteiger charge is -2.07. The summed E-state index contributed by atoms with van der Waals surface area (Å²) >= 11 is 0. The Balaban J connectivity index is 2.48. The second-order valence-corrected chi connectivity index (χ2v) is 4.57. The highest BCUT2D eigenvalue weighted by Crippen LogP contribution is 2.09. The highest BCUT2D eigenvalue weighted by Gasteiger charge is 2.11. The van der Waals surface area contributed by atoms with Crippen molar-refractivity contribution in [2.24, 2.45) is 0 Å². The predicted molar refractivity (Wildman–Crippen MR) is 78.8 cm³/mol. The zero-order valence-corrected chi connectivity index (χ0v) is 12.0. The van der Waals surface area contributed by atoms with Crippen LogP contribution in [0.4, 0.5) is 0 Å². The van der Waals surface area contributed by atoms with Crippen LogP contribution < -0.4 is 10.6 Å². The number of hydrogen-bond acceptors (Lipinski definition) is 5. The monoisotopic (exact) mass is 303 g/mol. The molecule has 1 rings (SSSR count). The fourth-order valence-electron chi connectivity index (χ4n) is 1.51. The van der Waals surface area contributed by atoms with Crippen molar-refractivity contribution in [1.82, 2.24) is 10.6 Å². The van der Waals surface area contributed by atoms with Gasteiger partial charge in [0.05, 0.1) is 0 Å². The van der Waals surface area contributed by atoms with E-state index in [1.54, 1.807) is 30.3 Å². The van der Waals surface area contributed by atoms with Crippen molar-refractivity contribution in [2.75, 3.05) is 6.54 Å². The lowest BCUT2D eigenvalue weighted by atomic mass is 10.1. The molecule has 7 heteroatoms. The normalized spacial score (nSPS) is 12.1. The van der Waals surface area contributed by atoms with E-state index in [0.29, 0.717) is 13.0 Å². The lowest BCUT2D eigenvalue weighted by molar-refractivity contribution is -0.138. The van der Waals surface area contributed by atoms with Crippen LogP contribution in [0, 0.1) is 11.3 Å². The maximum Gasteiger partial charge on any atom is 0.325 e. The van der Waals surface area contributed by atoms with Crippen molar-refractivity contribution in [2.45, 2.75) is 19.4 Å². The number of phenolic OH excluding ortho intramolecular Hbond substituents is 1. The summed E-state index contributed by atoms with van der Waals surface area (Å²) in [4.78, 5) is 22.4. The Kier molecular flexibility index (Phi) is 6.44. The molecule has 0 aliphatic carbocycles. The van der Waals surface area contributed by atoms with Crippen LogP contribution in [0.2, 0.25) is 0 Å². The molecular weight excluding hydrogens is 286 g/mol. The Morgan fingerprint density at radius 1 is 1.36 bits per heavy atom. The van der Waals surface area contributed by atoms with E-state index in [1.165, 1.54) is 6.92 Å². The summed E-state index contributed by atoms with van der Waals surface area (Å²) in [6.45, 7) is 1.72. The van der Waals surface area contributed by atoms with Gasteiger partial charge in [0.25, 0.3) is 5.91 Å². The fraction of sp³-hybridized carbons (Fsp3) is 0.267. The molecule has 1 aromatic rings. The first-order chi connectivity index (χ1) is 10.4. The molecule has 1 unspecified atom stereocenters. The Morgan fingerprint density at radius 2 is 2.00 bits per heavy atom. The highest BCUT2D eigenvalue weighted by atomic mass is 16.4. The summed E-state index contributed by atoms with van der Waals surface area (Å²) in [5.74, 6) is -1.49. The Hall–Kier alpha value is -3.01. The standard InChI is InChI=1S/C15H17N3O4/c1-10(15(21)22)18-9-12(8-16)14(20)17-7-6-11-2-4-13(19)5-3-11/h2-5,9-10,18-19H,6-7H2,1H3,(H,17,20)(H,21,22)/b12-9-. The summed E-state index contributed by atoms with van der Waals surface area (Å²) in [6, 6.07) is 7.39. The van der Waals surface area contributed by atoms with Gasteiger partial charge in [-0.05, 0) is 31.0 Å². The van der Waals surface area contributed by atoms with Gasteiger partial charge in [0.1, 0.15) is 23.4 Å². The van der Waals surface area contributed by atoms with Gasteiger partial charge >= 0.3 is 5.97 Å². The molecule has 0 aromatic heterocycles. The van der Waals surface area contributed by atoms with E-state index < -0.39 is 17.9 Å². The molecular formula is C15H17N3O4. The maximum atomic E-state index is 11.8. The third kappa shape index (κ3) is 5.54. The van der Waals surface area contributed by atoms with Crippen LogP contribution in [0.1, 0.15) is 12.5 Å². The van der Waals surface area contributed by atoms with Crippen molar-refractivity contribution < 1.29 is 19.8 Å². The molecule has 0 saturated heterocycles. The minimum Gasteiger partial charge on any atom is -0.508 e. The van der Waals surface area contributed by atoms with Crippen LogP contribution in [-0.4, -0.2) is 34.7 Å². The highest BCUT2D eigenvalue weighted by molar-refractivity contribution is 5.97. The summed E-state index contributed by atoms with van der Waals surface area (Å²) in [6.07, 6.45) is 1.64. The molecule has 0 spiro atoms. The number of carboxylic acid groups (broad SMARTS) is 1. The van der Waals surface area contributed by atoms with Gasteiger partial charge in [0, 0.05) is 12.7 Å². The molecule has 4 N–H and O–H groups in total. The van der Waals surface area contributed by atoms with Gasteiger partial charge in [0.2, 0.25) is 0 Å². The SMILES string of the molecule is CC(N/C=C(/C#N)C(=O)NCCc1ccc(O)cc1)C(=O)O. The number of carbonyl (C=O) groups is 2. The number of hydrogen-bond donors (Lipinski definition) is 4. The molecule has 0 aliphatic rings. The number of benzene rings is 1. The summed E-state index contributed by atoms with van der Waals surface area (Å²) in [7, 11) is 0. The second kappa shape index (κ2) is 8.32. The molecule has 1 atom stereocenters. The molecule has 1 aromatic carbocycles. The van der Waals surface area contributed by atoms with Crippen molar-refractivity contribution in [1.29, 1.82) is 5.26 Å². The molecule has 0 saturated carbocycles. The van der Waals surface area contributed by atoms with E-state index in [2.05, 4.69) is 10.6 Å². The third-order valence-corrected chi connectivity index (χ3v) is 2.85. The number of aromatic hydroxyl groups is 1. The molecule has 7 nitrogen and oxygen atoms in total. The molecule has 22 heavy (non-hydrogen) atoms. The first-order valence-electron chi connectivity index (χ1n) is 6.59. The lowest BCUT2D eigenvalue weighted by Crippen LogP contribution is -2.32. The first-order valence-corrected chi connectivity index (χ1v) is 6.59. The van der Waals surface area contributed by atoms with Crippen molar-refractivity contribution in [3.05, 3.63) is 41.6 Å². The number of nitriles is 1. The number of nitrogens with one attached hydrogen (secondary N) is 2. The predicted octanol–water partition coefficient (Wildman–Crippen LogP) is 0.521. The molecule has 0 bridgehead atoms. The maximum absolute atomic E-state index is 11.8. The van der Waals surface area contributed by atoms with Gasteiger partial charge in [-0.2, -0.15) is 5.26 Å². The average Bonchev–Trinajstić information content (AvgIpc) is 2.49. The van der Waals surface area contributed by atoms with Crippen LogP contribution >= 0.6 is 0 Å². The number of amides is 1. The zero-order valence-electron chi connectivity index (χ0n) is 12.0. The summed E-state index contributed by atoms with van der Waals surface area (Å²) < 4.78 is 0. The van der Waals surface area contributed by atoms with Gasteiger partial charge in [-0.3, -0.25) is 9.59 Å². The van der Waals surface area contributed by atoms with Crippen LogP contribution in [0.15, 0.2) is 36.0 Å². The van der Waals surface area contributed by atoms with Gasteiger partial charge in [-0.1, -0.05) is 12.1 Å². The first kappa shape index (κ1) is 17.0. The zero-order chi connectivity index (χ0) is 16.5. The number of phenols is 1. The van der Waals surface area contributed by atoms with Crippen LogP contribution in [0.25, 0.3) is 0 Å². The van der Waals surface area contributed by atoms with Crippen molar-refractivity contribution >= 4 is 11.9 Å². The molecule has 116 valence electrons. The van der Waals surface area contributed by atoms with Gasteiger partial charge in [-0.15, -0.1) is 0 Å². The van der Waals surface area contributed by atoms with Crippen LogP contribution in [0.3, 0.4) is 0 Å². The van der Waals surface area contributed by atoms with E-state index in [9.17, 15) is 9.59 Å². The largest absolute Gasteiger partial charge is 0.508 e. The quantitative estimate of drug-likeness (QED) is 0.430. The number of aliphatic carboxylic acids is 1. The van der Waals surface area contributed by atoms with Gasteiger partial charge in [-0.25, -0.2) is 0 Å². The van der Waals surface area contributed by atoms with E-state index >= 15 is 0 Å².